The Bertz CT molecular complexity index is 759. The molecule has 1 fully saturated rings. The van der Waals surface area contributed by atoms with Gasteiger partial charge < -0.3 is 19.9 Å². The average Bonchev–Trinajstić information content (AvgIpc) is 3.29. The van der Waals surface area contributed by atoms with Gasteiger partial charge in [-0.3, -0.25) is 0 Å². The number of benzene rings is 1. The predicted octanol–water partition coefficient (Wildman–Crippen LogP) is 3.60. The van der Waals surface area contributed by atoms with Gasteiger partial charge in [0.25, 0.3) is 0 Å². The van der Waals surface area contributed by atoms with E-state index >= 15 is 0 Å². The van der Waals surface area contributed by atoms with Gasteiger partial charge in [0, 0.05) is 25.1 Å². The van der Waals surface area contributed by atoms with Crippen molar-refractivity contribution in [3.63, 3.8) is 0 Å². The summed E-state index contributed by atoms with van der Waals surface area (Å²) in [5, 5.41) is 5.72. The maximum Gasteiger partial charge on any atom is 0.387 e. The number of carbonyl (C=O) groups excluding carboxylic acids is 1. The lowest BCUT2D eigenvalue weighted by Crippen LogP contribution is -2.35. The van der Waals surface area contributed by atoms with Crippen LogP contribution in [-0.2, 0) is 7.05 Å². The molecule has 1 aromatic carbocycles. The number of alkyl halides is 2. The van der Waals surface area contributed by atoms with Gasteiger partial charge in [-0.25, -0.2) is 9.78 Å². The lowest BCUT2D eigenvalue weighted by atomic mass is 10.1. The number of urea groups is 1. The molecule has 1 aliphatic rings. The van der Waals surface area contributed by atoms with Crippen LogP contribution in [0, 0.1) is 12.8 Å². The third kappa shape index (κ3) is 4.26. The minimum Gasteiger partial charge on any atom is -0.435 e. The maximum atomic E-state index is 12.4. The number of hydrogen-bond donors (Lipinski definition) is 2. The number of anilines is 1. The first-order valence-electron chi connectivity index (χ1n) is 8.04. The molecule has 0 bridgehead atoms. The fourth-order valence-electron chi connectivity index (χ4n) is 2.75. The van der Waals surface area contributed by atoms with Gasteiger partial charge in [0.05, 0.1) is 6.04 Å². The average molecular weight is 350 g/mol. The lowest BCUT2D eigenvalue weighted by molar-refractivity contribution is -0.0498. The summed E-state index contributed by atoms with van der Waals surface area (Å²) in [4.78, 5) is 16.7. The van der Waals surface area contributed by atoms with Crippen molar-refractivity contribution < 1.29 is 18.3 Å². The van der Waals surface area contributed by atoms with Crippen LogP contribution in [-0.4, -0.2) is 22.2 Å². The second-order valence-electron chi connectivity index (χ2n) is 6.17. The molecule has 1 aliphatic carbocycles. The van der Waals surface area contributed by atoms with Crippen molar-refractivity contribution in [2.75, 3.05) is 5.32 Å². The van der Waals surface area contributed by atoms with Crippen LogP contribution in [0.5, 0.6) is 5.75 Å². The molecule has 0 radical (unpaired) electrons. The van der Waals surface area contributed by atoms with E-state index in [4.69, 9.17) is 0 Å². The van der Waals surface area contributed by atoms with Crippen LogP contribution in [0.3, 0.4) is 0 Å². The third-order valence-corrected chi connectivity index (χ3v) is 4.19. The molecular formula is C17H20F2N4O2. The number of rotatable bonds is 6. The van der Waals surface area contributed by atoms with Gasteiger partial charge in [-0.05, 0) is 49.4 Å². The molecule has 2 amide bonds. The maximum absolute atomic E-state index is 12.4. The number of ether oxygens (including phenoxy) is 1. The molecule has 1 saturated carbocycles. The van der Waals surface area contributed by atoms with Crippen LogP contribution in [0.25, 0.3) is 0 Å². The van der Waals surface area contributed by atoms with Crippen molar-refractivity contribution in [1.29, 1.82) is 0 Å². The quantitative estimate of drug-likeness (QED) is 0.836. The molecule has 0 saturated heterocycles. The van der Waals surface area contributed by atoms with Crippen LogP contribution >= 0.6 is 0 Å². The first-order valence-corrected chi connectivity index (χ1v) is 8.04. The molecule has 3 rings (SSSR count). The molecular weight excluding hydrogens is 330 g/mol. The van der Waals surface area contributed by atoms with Crippen molar-refractivity contribution >= 4 is 11.7 Å². The summed E-state index contributed by atoms with van der Waals surface area (Å²) in [5.74, 6) is 1.26. The summed E-state index contributed by atoms with van der Waals surface area (Å²) in [5.41, 5.74) is 1.17. The smallest absolute Gasteiger partial charge is 0.387 e. The molecule has 6 nitrogen and oxygen atoms in total. The van der Waals surface area contributed by atoms with Crippen molar-refractivity contribution in [2.45, 2.75) is 32.4 Å². The van der Waals surface area contributed by atoms with Gasteiger partial charge in [-0.1, -0.05) is 0 Å². The van der Waals surface area contributed by atoms with E-state index in [9.17, 15) is 13.6 Å². The first-order chi connectivity index (χ1) is 11.9. The molecule has 2 aromatic rings. The van der Waals surface area contributed by atoms with Crippen molar-refractivity contribution in [3.8, 4) is 5.75 Å². The molecule has 2 N–H and O–H groups in total. The number of imidazole rings is 1. The predicted molar refractivity (Wildman–Crippen MR) is 88.6 cm³/mol. The Morgan fingerprint density at radius 3 is 2.72 bits per heavy atom. The number of aryl methyl sites for hydroxylation is 2. The summed E-state index contributed by atoms with van der Waals surface area (Å²) < 4.78 is 30.7. The molecule has 134 valence electrons. The topological polar surface area (TPSA) is 68.2 Å². The third-order valence-electron chi connectivity index (χ3n) is 4.19. The molecule has 1 aromatic heterocycles. The monoisotopic (exact) mass is 350 g/mol. The minimum absolute atomic E-state index is 0.0577. The number of nitrogens with zero attached hydrogens (tertiary/aromatic N) is 2. The van der Waals surface area contributed by atoms with Gasteiger partial charge in [0.2, 0.25) is 0 Å². The summed E-state index contributed by atoms with van der Waals surface area (Å²) >= 11 is 0. The van der Waals surface area contributed by atoms with Gasteiger partial charge in [-0.15, -0.1) is 0 Å². The number of hydrogen-bond acceptors (Lipinski definition) is 3. The highest BCUT2D eigenvalue weighted by Crippen LogP contribution is 2.40. The van der Waals surface area contributed by atoms with E-state index in [1.807, 2.05) is 17.8 Å². The zero-order chi connectivity index (χ0) is 18.0. The highest BCUT2D eigenvalue weighted by molar-refractivity contribution is 5.90. The van der Waals surface area contributed by atoms with E-state index in [1.165, 1.54) is 12.1 Å². The molecule has 0 aliphatic heterocycles. The minimum atomic E-state index is -2.88. The van der Waals surface area contributed by atoms with Crippen LogP contribution in [0.1, 0.15) is 30.3 Å². The first kappa shape index (κ1) is 17.2. The summed E-state index contributed by atoms with van der Waals surface area (Å²) in [7, 11) is 1.89. The van der Waals surface area contributed by atoms with Crippen LogP contribution in [0.2, 0.25) is 0 Å². The zero-order valence-corrected chi connectivity index (χ0v) is 14.0. The molecule has 25 heavy (non-hydrogen) atoms. The summed E-state index contributed by atoms with van der Waals surface area (Å²) in [6, 6.07) is 3.89. The molecule has 1 atom stereocenters. The van der Waals surface area contributed by atoms with Crippen molar-refractivity contribution in [2.24, 2.45) is 13.0 Å². The van der Waals surface area contributed by atoms with Crippen molar-refractivity contribution in [3.05, 3.63) is 42.0 Å². The van der Waals surface area contributed by atoms with Crippen LogP contribution in [0.4, 0.5) is 19.3 Å². The molecule has 8 heteroatoms. The fourth-order valence-corrected chi connectivity index (χ4v) is 2.75. The summed E-state index contributed by atoms with van der Waals surface area (Å²) in [6.45, 7) is -1.16. The van der Waals surface area contributed by atoms with E-state index in [-0.39, 0.29) is 17.8 Å². The van der Waals surface area contributed by atoms with Crippen molar-refractivity contribution in [1.82, 2.24) is 14.9 Å². The van der Waals surface area contributed by atoms with E-state index in [1.54, 1.807) is 19.2 Å². The second-order valence-corrected chi connectivity index (χ2v) is 6.17. The zero-order valence-electron chi connectivity index (χ0n) is 14.0. The number of aromatic nitrogens is 2. The Labute approximate surface area is 144 Å². The summed E-state index contributed by atoms with van der Waals surface area (Å²) in [6.07, 6.45) is 5.65. The normalized spacial score (nSPS) is 15.1. The Hall–Kier alpha value is -2.64. The highest BCUT2D eigenvalue weighted by Gasteiger charge is 2.35. The van der Waals surface area contributed by atoms with E-state index in [0.29, 0.717) is 17.2 Å². The van der Waals surface area contributed by atoms with Crippen LogP contribution in [0.15, 0.2) is 30.6 Å². The standard InChI is InChI=1S/C17H20F2N4O2/c1-10-9-12(25-16(18)19)5-6-13(10)21-17(24)22-14(11-3-4-11)15-20-7-8-23(15)2/h5-9,11,14,16H,3-4H2,1-2H3,(H2,21,22,24)/t14-/m1/s1. The molecule has 0 unspecified atom stereocenters. The Balaban J connectivity index is 1.66. The van der Waals surface area contributed by atoms with E-state index in [0.717, 1.165) is 18.7 Å². The SMILES string of the molecule is Cc1cc(OC(F)F)ccc1NC(=O)N[C@@H](c1nccn1C)C1CC1. The van der Waals surface area contributed by atoms with Gasteiger partial charge in [-0.2, -0.15) is 8.78 Å². The molecule has 1 heterocycles. The number of halogens is 2. The largest absolute Gasteiger partial charge is 0.435 e. The van der Waals surface area contributed by atoms with Gasteiger partial charge in [0.1, 0.15) is 11.6 Å². The number of carbonyl (C=O) groups is 1. The Morgan fingerprint density at radius 2 is 2.16 bits per heavy atom. The van der Waals surface area contributed by atoms with Crippen LogP contribution < -0.4 is 15.4 Å². The molecule has 0 spiro atoms. The fraction of sp³-hybridized carbons (Fsp3) is 0.412. The highest BCUT2D eigenvalue weighted by atomic mass is 19.3. The van der Waals surface area contributed by atoms with E-state index in [2.05, 4.69) is 20.4 Å². The second kappa shape index (κ2) is 7.08. The van der Waals surface area contributed by atoms with Gasteiger partial charge in [0.15, 0.2) is 0 Å². The number of nitrogens with one attached hydrogen (secondary N) is 2. The Kier molecular flexibility index (Phi) is 4.87. The van der Waals surface area contributed by atoms with Gasteiger partial charge >= 0.3 is 12.6 Å². The number of amides is 2. The van der Waals surface area contributed by atoms with E-state index < -0.39 is 6.61 Å². The Morgan fingerprint density at radius 1 is 1.40 bits per heavy atom. The lowest BCUT2D eigenvalue weighted by Gasteiger charge is -2.19.